The van der Waals surface area contributed by atoms with Gasteiger partial charge in [0, 0.05) is 36.3 Å². The van der Waals surface area contributed by atoms with Gasteiger partial charge in [0.25, 0.3) is 0 Å². The maximum atomic E-state index is 12.3. The molecule has 7 nitrogen and oxygen atoms in total. The van der Waals surface area contributed by atoms with Crippen molar-refractivity contribution in [3.63, 3.8) is 0 Å². The number of carbonyl (C=O) groups is 2. The molecule has 1 amide bonds. The van der Waals surface area contributed by atoms with Crippen LogP contribution in [0.25, 0.3) is 5.82 Å². The number of nitrogens with zero attached hydrogens (tertiary/aromatic N) is 2. The van der Waals surface area contributed by atoms with E-state index in [1.54, 1.807) is 6.07 Å². The molecular weight excluding hydrogens is 298 g/mol. The van der Waals surface area contributed by atoms with Crippen LogP contribution in [0, 0.1) is 26.7 Å². The summed E-state index contributed by atoms with van der Waals surface area (Å²) in [6.45, 7) is 6.35. The molecule has 1 unspecified atom stereocenters. The van der Waals surface area contributed by atoms with Gasteiger partial charge in [-0.15, -0.1) is 0 Å². The average molecular weight is 317 g/mol. The third-order valence-electron chi connectivity index (χ3n) is 4.01. The van der Waals surface area contributed by atoms with E-state index in [4.69, 9.17) is 9.26 Å². The summed E-state index contributed by atoms with van der Waals surface area (Å²) in [5.41, 5.74) is 2.13. The molecule has 3 rings (SSSR count). The lowest BCUT2D eigenvalue weighted by Crippen LogP contribution is -2.18. The lowest BCUT2D eigenvalue weighted by molar-refractivity contribution is -0.119. The van der Waals surface area contributed by atoms with Gasteiger partial charge in [-0.1, -0.05) is 5.16 Å². The number of amides is 1. The number of hydrogen-bond donors (Lipinski definition) is 1. The molecule has 1 aliphatic rings. The third kappa shape index (κ3) is 2.99. The molecule has 122 valence electrons. The molecule has 7 heteroatoms. The molecule has 0 aromatic carbocycles. The van der Waals surface area contributed by atoms with Crippen molar-refractivity contribution in [1.82, 2.24) is 15.0 Å². The molecule has 1 atom stereocenters. The van der Waals surface area contributed by atoms with E-state index in [2.05, 4.69) is 10.5 Å². The van der Waals surface area contributed by atoms with E-state index in [9.17, 15) is 9.59 Å². The first-order valence-electron chi connectivity index (χ1n) is 7.52. The Morgan fingerprint density at radius 3 is 2.83 bits per heavy atom. The van der Waals surface area contributed by atoms with Gasteiger partial charge in [-0.25, -0.2) is 4.79 Å². The van der Waals surface area contributed by atoms with E-state index >= 15 is 0 Å². The largest absolute Gasteiger partial charge is 0.462 e. The molecule has 1 N–H and O–H groups in total. The van der Waals surface area contributed by atoms with Crippen LogP contribution < -0.4 is 5.32 Å². The summed E-state index contributed by atoms with van der Waals surface area (Å²) in [4.78, 5) is 23.5. The number of nitrogens with one attached hydrogen (secondary N) is 1. The second-order valence-electron chi connectivity index (χ2n) is 5.89. The fraction of sp³-hybridized carbons (Fsp3) is 0.438. The molecule has 2 aromatic rings. The Hall–Kier alpha value is -2.57. The van der Waals surface area contributed by atoms with Crippen LogP contribution in [-0.2, 0) is 9.53 Å². The van der Waals surface area contributed by atoms with Gasteiger partial charge in [-0.3, -0.25) is 9.36 Å². The number of ether oxygens (including phenoxy) is 1. The summed E-state index contributed by atoms with van der Waals surface area (Å²) in [5.74, 6) is 1.01. The normalized spacial score (nSPS) is 17.3. The van der Waals surface area contributed by atoms with E-state index in [-0.39, 0.29) is 24.4 Å². The number of esters is 1. The summed E-state index contributed by atoms with van der Waals surface area (Å²) >= 11 is 0. The Kier molecular flexibility index (Phi) is 3.94. The van der Waals surface area contributed by atoms with Gasteiger partial charge in [0.1, 0.15) is 5.76 Å². The van der Waals surface area contributed by atoms with Crippen molar-refractivity contribution < 1.29 is 18.8 Å². The maximum absolute atomic E-state index is 12.3. The summed E-state index contributed by atoms with van der Waals surface area (Å²) in [6, 6.07) is 3.59. The van der Waals surface area contributed by atoms with Gasteiger partial charge in [-0.2, -0.15) is 0 Å². The Balaban J connectivity index is 1.75. The fourth-order valence-corrected chi connectivity index (χ4v) is 2.83. The summed E-state index contributed by atoms with van der Waals surface area (Å²) < 4.78 is 12.3. The minimum atomic E-state index is -0.385. The molecule has 0 radical (unpaired) electrons. The standard InChI is InChI=1S/C16H19N3O4/c1-9-4-13(11(3)19(9)14-5-10(2)23-18-14)16(21)22-8-12-6-15(20)17-7-12/h4-5,12H,6-8H2,1-3H3,(H,17,20). The first-order valence-corrected chi connectivity index (χ1v) is 7.52. The summed E-state index contributed by atoms with van der Waals surface area (Å²) in [7, 11) is 0. The van der Waals surface area contributed by atoms with Crippen molar-refractivity contribution in [2.45, 2.75) is 27.2 Å². The second kappa shape index (κ2) is 5.91. The van der Waals surface area contributed by atoms with Crippen molar-refractivity contribution in [3.05, 3.63) is 34.8 Å². The van der Waals surface area contributed by atoms with Crippen LogP contribution >= 0.6 is 0 Å². The van der Waals surface area contributed by atoms with Crippen LogP contribution in [0.4, 0.5) is 0 Å². The molecule has 1 aliphatic heterocycles. The minimum Gasteiger partial charge on any atom is -0.462 e. The van der Waals surface area contributed by atoms with Gasteiger partial charge in [-0.05, 0) is 26.8 Å². The van der Waals surface area contributed by atoms with E-state index in [1.165, 1.54) is 0 Å². The van der Waals surface area contributed by atoms with Crippen molar-refractivity contribution in [3.8, 4) is 5.82 Å². The Labute approximate surface area is 133 Å². The van der Waals surface area contributed by atoms with Gasteiger partial charge in [0.2, 0.25) is 5.91 Å². The second-order valence-corrected chi connectivity index (χ2v) is 5.89. The predicted molar refractivity (Wildman–Crippen MR) is 81.4 cm³/mol. The van der Waals surface area contributed by atoms with Gasteiger partial charge in [0.15, 0.2) is 5.82 Å². The van der Waals surface area contributed by atoms with Gasteiger partial charge in [0.05, 0.1) is 12.2 Å². The lowest BCUT2D eigenvalue weighted by Gasteiger charge is -2.09. The Morgan fingerprint density at radius 2 is 2.22 bits per heavy atom. The third-order valence-corrected chi connectivity index (χ3v) is 4.01. The van der Waals surface area contributed by atoms with E-state index in [0.29, 0.717) is 30.1 Å². The highest BCUT2D eigenvalue weighted by atomic mass is 16.5. The number of hydrogen-bond acceptors (Lipinski definition) is 5. The zero-order chi connectivity index (χ0) is 16.6. The fourth-order valence-electron chi connectivity index (χ4n) is 2.83. The van der Waals surface area contributed by atoms with E-state index < -0.39 is 0 Å². The van der Waals surface area contributed by atoms with Crippen LogP contribution in [0.3, 0.4) is 0 Å². The highest BCUT2D eigenvalue weighted by molar-refractivity contribution is 5.91. The van der Waals surface area contributed by atoms with E-state index in [1.807, 2.05) is 31.4 Å². The quantitative estimate of drug-likeness (QED) is 0.867. The van der Waals surface area contributed by atoms with Crippen molar-refractivity contribution in [1.29, 1.82) is 0 Å². The summed E-state index contributed by atoms with van der Waals surface area (Å²) in [5, 5.41) is 6.72. The predicted octanol–water partition coefficient (Wildman–Crippen LogP) is 1.68. The minimum absolute atomic E-state index is 0.00521. The molecule has 0 saturated carbocycles. The number of carbonyl (C=O) groups excluding carboxylic acids is 2. The Bertz CT molecular complexity index is 759. The van der Waals surface area contributed by atoms with Crippen LogP contribution in [0.2, 0.25) is 0 Å². The zero-order valence-corrected chi connectivity index (χ0v) is 13.4. The first kappa shape index (κ1) is 15.3. The molecule has 0 bridgehead atoms. The number of aryl methyl sites for hydroxylation is 2. The highest BCUT2D eigenvalue weighted by Gasteiger charge is 2.24. The highest BCUT2D eigenvalue weighted by Crippen LogP contribution is 2.22. The van der Waals surface area contributed by atoms with Crippen molar-refractivity contribution in [2.24, 2.45) is 5.92 Å². The van der Waals surface area contributed by atoms with Crippen LogP contribution in [-0.4, -0.2) is 34.8 Å². The van der Waals surface area contributed by atoms with Crippen LogP contribution in [0.5, 0.6) is 0 Å². The first-order chi connectivity index (χ1) is 11.0. The smallest absolute Gasteiger partial charge is 0.339 e. The Morgan fingerprint density at radius 1 is 1.43 bits per heavy atom. The molecule has 2 aromatic heterocycles. The monoisotopic (exact) mass is 317 g/mol. The number of rotatable bonds is 4. The van der Waals surface area contributed by atoms with Crippen LogP contribution in [0.15, 0.2) is 16.7 Å². The molecule has 1 fully saturated rings. The topological polar surface area (TPSA) is 86.4 Å². The maximum Gasteiger partial charge on any atom is 0.339 e. The average Bonchev–Trinajstić information content (AvgIpc) is 3.17. The van der Waals surface area contributed by atoms with Gasteiger partial charge >= 0.3 is 5.97 Å². The molecule has 23 heavy (non-hydrogen) atoms. The zero-order valence-electron chi connectivity index (χ0n) is 13.4. The molecule has 3 heterocycles. The van der Waals surface area contributed by atoms with E-state index in [0.717, 1.165) is 11.4 Å². The molecule has 0 spiro atoms. The molecule has 1 saturated heterocycles. The van der Waals surface area contributed by atoms with Crippen LogP contribution in [0.1, 0.15) is 33.9 Å². The van der Waals surface area contributed by atoms with Crippen molar-refractivity contribution in [2.75, 3.05) is 13.2 Å². The number of aromatic nitrogens is 2. The van der Waals surface area contributed by atoms with Crippen molar-refractivity contribution >= 4 is 11.9 Å². The molecular formula is C16H19N3O4. The SMILES string of the molecule is Cc1cc(-n2c(C)cc(C(=O)OCC3CNC(=O)C3)c2C)no1. The van der Waals surface area contributed by atoms with Gasteiger partial charge < -0.3 is 14.6 Å². The lowest BCUT2D eigenvalue weighted by atomic mass is 10.1. The molecule has 0 aliphatic carbocycles. The summed E-state index contributed by atoms with van der Waals surface area (Å²) in [6.07, 6.45) is 0.407.